The van der Waals surface area contributed by atoms with Gasteiger partial charge in [-0.3, -0.25) is 4.79 Å². The van der Waals surface area contributed by atoms with E-state index in [4.69, 9.17) is 4.74 Å². The molecule has 0 spiro atoms. The second-order valence-electron chi connectivity index (χ2n) is 8.48. The number of rotatable bonds is 7. The van der Waals surface area contributed by atoms with Crippen molar-refractivity contribution in [1.29, 1.82) is 0 Å². The number of allylic oxidation sites excluding steroid dienone is 4. The summed E-state index contributed by atoms with van der Waals surface area (Å²) in [6, 6.07) is 7.94. The van der Waals surface area contributed by atoms with Crippen molar-refractivity contribution in [1.82, 2.24) is 15.6 Å². The van der Waals surface area contributed by atoms with E-state index >= 15 is 0 Å². The van der Waals surface area contributed by atoms with Crippen LogP contribution in [0.5, 0.6) is 0 Å². The number of ether oxygens (including phenoxy) is 1. The molecule has 1 aliphatic rings. The Bertz CT molecular complexity index is 950. The molecule has 0 aliphatic heterocycles. The topological polar surface area (TPSA) is 66.2 Å². The molecular weight excluding hydrogens is 362 g/mol. The number of fused-ring (bicyclic) bond motifs is 1. The Kier molecular flexibility index (Phi) is 6.48. The Labute approximate surface area is 173 Å². The van der Waals surface area contributed by atoms with Crippen LogP contribution in [0.2, 0.25) is 0 Å². The summed E-state index contributed by atoms with van der Waals surface area (Å²) >= 11 is 0. The average Bonchev–Trinajstić information content (AvgIpc) is 3.12. The minimum Gasteiger partial charge on any atom is -0.391 e. The molecule has 5 heteroatoms. The van der Waals surface area contributed by atoms with Crippen molar-refractivity contribution in [3.8, 4) is 0 Å². The highest BCUT2D eigenvalue weighted by Gasteiger charge is 2.28. The maximum absolute atomic E-state index is 12.3. The smallest absolute Gasteiger partial charge is 0.251 e. The number of methoxy groups -OCH3 is 1. The molecule has 2 aromatic rings. The van der Waals surface area contributed by atoms with Crippen molar-refractivity contribution >= 4 is 22.4 Å². The lowest BCUT2D eigenvalue weighted by atomic mass is 9.74. The van der Waals surface area contributed by atoms with Gasteiger partial charge in [-0.2, -0.15) is 0 Å². The first-order chi connectivity index (χ1) is 13.9. The van der Waals surface area contributed by atoms with Crippen LogP contribution in [0.15, 0.2) is 41.6 Å². The fraction of sp³-hybridized carbons (Fsp3) is 0.458. The molecule has 1 aromatic carbocycles. The first-order valence-electron chi connectivity index (χ1n) is 10.4. The molecule has 3 rings (SSSR count). The van der Waals surface area contributed by atoms with Gasteiger partial charge in [-0.15, -0.1) is 0 Å². The van der Waals surface area contributed by atoms with Crippen molar-refractivity contribution in [2.24, 2.45) is 5.41 Å². The quantitative estimate of drug-likeness (QED) is 0.599. The Morgan fingerprint density at radius 1 is 1.31 bits per heavy atom. The number of aromatic nitrogens is 1. The summed E-state index contributed by atoms with van der Waals surface area (Å²) in [4.78, 5) is 15.9. The van der Waals surface area contributed by atoms with Crippen molar-refractivity contribution in [3.63, 3.8) is 0 Å². The number of carbonyl (C=O) groups excluding carboxylic acids is 1. The number of aromatic amines is 1. The first-order valence-corrected chi connectivity index (χ1v) is 10.4. The zero-order valence-corrected chi connectivity index (χ0v) is 18.2. The Hall–Kier alpha value is -2.53. The molecule has 156 valence electrons. The van der Waals surface area contributed by atoms with Crippen LogP contribution in [0, 0.1) is 5.41 Å². The number of nitrogens with one attached hydrogen (secondary N) is 3. The lowest BCUT2D eigenvalue weighted by Crippen LogP contribution is -2.26. The maximum Gasteiger partial charge on any atom is 0.251 e. The monoisotopic (exact) mass is 395 g/mol. The van der Waals surface area contributed by atoms with Gasteiger partial charge in [-0.1, -0.05) is 19.9 Å². The molecule has 1 aromatic heterocycles. The third kappa shape index (κ3) is 4.73. The van der Waals surface area contributed by atoms with Gasteiger partial charge in [0.25, 0.3) is 5.91 Å². The molecule has 0 saturated carbocycles. The summed E-state index contributed by atoms with van der Waals surface area (Å²) in [6.45, 7) is 7.77. The Morgan fingerprint density at radius 3 is 2.79 bits per heavy atom. The van der Waals surface area contributed by atoms with Gasteiger partial charge in [-0.05, 0) is 67.0 Å². The predicted octanol–water partition coefficient (Wildman–Crippen LogP) is 4.63. The van der Waals surface area contributed by atoms with Crippen molar-refractivity contribution in [2.75, 3.05) is 27.3 Å². The number of H-pyrrole nitrogens is 1. The van der Waals surface area contributed by atoms with E-state index in [1.54, 1.807) is 7.11 Å². The third-order valence-corrected chi connectivity index (χ3v) is 5.75. The lowest BCUT2D eigenvalue weighted by molar-refractivity contribution is 0.0937. The molecule has 0 radical (unpaired) electrons. The molecule has 0 atom stereocenters. The summed E-state index contributed by atoms with van der Waals surface area (Å²) in [7, 11) is 3.64. The fourth-order valence-electron chi connectivity index (χ4n) is 4.10. The van der Waals surface area contributed by atoms with Crippen LogP contribution < -0.4 is 10.6 Å². The summed E-state index contributed by atoms with van der Waals surface area (Å²) in [5.74, 6) is -0.0763. The molecule has 3 N–H and O–H groups in total. The van der Waals surface area contributed by atoms with Crippen LogP contribution in [0.25, 0.3) is 16.5 Å². The van der Waals surface area contributed by atoms with Gasteiger partial charge in [0.15, 0.2) is 0 Å². The summed E-state index contributed by atoms with van der Waals surface area (Å²) < 4.78 is 4.99. The number of carbonyl (C=O) groups is 1. The highest BCUT2D eigenvalue weighted by atomic mass is 16.5. The van der Waals surface area contributed by atoms with Gasteiger partial charge in [-0.25, -0.2) is 0 Å². The van der Waals surface area contributed by atoms with Gasteiger partial charge in [0.2, 0.25) is 0 Å². The normalized spacial score (nSPS) is 16.9. The number of benzene rings is 1. The minimum absolute atomic E-state index is 0.0763. The van der Waals surface area contributed by atoms with E-state index in [-0.39, 0.29) is 5.91 Å². The second-order valence-corrected chi connectivity index (χ2v) is 8.48. The van der Waals surface area contributed by atoms with Crippen LogP contribution in [0.4, 0.5) is 0 Å². The minimum atomic E-state index is -0.0763. The van der Waals surface area contributed by atoms with Crippen LogP contribution in [-0.2, 0) is 4.74 Å². The van der Waals surface area contributed by atoms with Gasteiger partial charge in [0, 0.05) is 48.6 Å². The lowest BCUT2D eigenvalue weighted by Gasteiger charge is -2.34. The van der Waals surface area contributed by atoms with Crippen LogP contribution in [0.3, 0.4) is 0 Å². The van der Waals surface area contributed by atoms with Crippen LogP contribution >= 0.6 is 0 Å². The average molecular weight is 396 g/mol. The molecule has 0 saturated heterocycles. The summed E-state index contributed by atoms with van der Waals surface area (Å²) in [5.41, 5.74) is 7.08. The van der Waals surface area contributed by atoms with E-state index < -0.39 is 0 Å². The van der Waals surface area contributed by atoms with Crippen molar-refractivity contribution in [2.45, 2.75) is 40.0 Å². The zero-order valence-electron chi connectivity index (χ0n) is 18.2. The molecule has 5 nitrogen and oxygen atoms in total. The largest absolute Gasteiger partial charge is 0.391 e. The zero-order chi connectivity index (χ0) is 21.0. The van der Waals surface area contributed by atoms with E-state index in [9.17, 15) is 4.79 Å². The van der Waals surface area contributed by atoms with Gasteiger partial charge in [0.1, 0.15) is 0 Å². The molecule has 1 amide bonds. The molecule has 0 fully saturated rings. The molecule has 1 aliphatic carbocycles. The molecular formula is C24H33N3O2. The number of hydrogen-bond donors (Lipinski definition) is 3. The van der Waals surface area contributed by atoms with E-state index in [1.807, 2.05) is 25.2 Å². The van der Waals surface area contributed by atoms with Gasteiger partial charge in [0.05, 0.1) is 6.61 Å². The van der Waals surface area contributed by atoms with Crippen molar-refractivity contribution in [3.05, 3.63) is 52.9 Å². The van der Waals surface area contributed by atoms with Crippen molar-refractivity contribution < 1.29 is 9.53 Å². The van der Waals surface area contributed by atoms with Crippen LogP contribution in [-0.4, -0.2) is 38.2 Å². The summed E-state index contributed by atoms with van der Waals surface area (Å²) in [5, 5.41) is 7.36. The Morgan fingerprint density at radius 2 is 2.10 bits per heavy atom. The first kappa shape index (κ1) is 21.2. The second kappa shape index (κ2) is 8.87. The van der Waals surface area contributed by atoms with Gasteiger partial charge < -0.3 is 20.4 Å². The van der Waals surface area contributed by atoms with E-state index in [1.165, 1.54) is 23.3 Å². The third-order valence-electron chi connectivity index (χ3n) is 5.75. The molecule has 1 heterocycles. The maximum atomic E-state index is 12.3. The highest BCUT2D eigenvalue weighted by Crippen LogP contribution is 2.42. The van der Waals surface area contributed by atoms with Crippen LogP contribution in [0.1, 0.15) is 56.1 Å². The number of hydrogen-bond acceptors (Lipinski definition) is 3. The summed E-state index contributed by atoms with van der Waals surface area (Å²) in [6.07, 6.45) is 5.48. The molecule has 0 unspecified atom stereocenters. The number of amides is 1. The van der Waals surface area contributed by atoms with E-state index in [2.05, 4.69) is 48.5 Å². The van der Waals surface area contributed by atoms with E-state index in [0.29, 0.717) is 24.1 Å². The van der Waals surface area contributed by atoms with E-state index in [0.717, 1.165) is 29.4 Å². The van der Waals surface area contributed by atoms with Gasteiger partial charge >= 0.3 is 0 Å². The Balaban J connectivity index is 1.91. The molecule has 0 bridgehead atoms. The molecule has 29 heavy (non-hydrogen) atoms. The standard InChI is InChI=1S/C24H33N3O2/c1-6-18(19-9-10-24(2,3)15-22(19)25-4)21-14-17-13-16(7-8-20(17)27-21)23(28)26-11-12-29-5/h6-8,13-14,25,27H,9-12,15H2,1-5H3,(H,26,28)/b18-6-. The SMILES string of the molecule is C/C=C(/C1=C(NC)CC(C)(C)CC1)c1cc2cc(C(=O)NCCOC)ccc2[nH]1. The highest BCUT2D eigenvalue weighted by molar-refractivity contribution is 5.99. The fourth-order valence-corrected chi connectivity index (χ4v) is 4.10. The predicted molar refractivity (Wildman–Crippen MR) is 120 cm³/mol.